The van der Waals surface area contributed by atoms with E-state index in [1.165, 1.54) is 6.07 Å². The Morgan fingerprint density at radius 2 is 1.25 bits per heavy atom. The van der Waals surface area contributed by atoms with Crippen LogP contribution in [0, 0.1) is 0 Å². The van der Waals surface area contributed by atoms with Gasteiger partial charge in [0.25, 0.3) is 0 Å². The molecule has 0 heterocycles. The van der Waals surface area contributed by atoms with E-state index >= 15 is 0 Å². The van der Waals surface area contributed by atoms with Gasteiger partial charge in [-0.05, 0) is 23.5 Å². The fourth-order valence-electron chi connectivity index (χ4n) is 4.22. The minimum atomic E-state index is -0.941. The number of hydrogen-bond acceptors (Lipinski definition) is 6. The molecule has 128 valence electrons. The number of phenols is 6. The minimum Gasteiger partial charge on any atom is -0.508 e. The Kier molecular flexibility index (Phi) is 3.11. The number of phenolic OH excluding ortho intramolecular Hbond substituents is 6. The molecule has 0 spiro atoms. The normalized spacial score (nSPS) is 21.6. The van der Waals surface area contributed by atoms with Crippen molar-refractivity contribution in [2.45, 2.75) is 38.0 Å². The van der Waals surface area contributed by atoms with Crippen molar-refractivity contribution in [2.24, 2.45) is 0 Å². The lowest BCUT2D eigenvalue weighted by Crippen LogP contribution is -2.23. The molecule has 1 aliphatic rings. The number of hydrogen-bond donors (Lipinski definition) is 6. The maximum absolute atomic E-state index is 10.3. The van der Waals surface area contributed by atoms with Gasteiger partial charge in [-0.2, -0.15) is 0 Å². The predicted octanol–water partition coefficient (Wildman–Crippen LogP) is 2.91. The summed E-state index contributed by atoms with van der Waals surface area (Å²) in [6.07, 6.45) is 0.400. The summed E-state index contributed by atoms with van der Waals surface area (Å²) < 4.78 is 0. The van der Waals surface area contributed by atoms with E-state index in [1.807, 2.05) is 13.8 Å². The Balaban J connectivity index is 2.38. The van der Waals surface area contributed by atoms with E-state index in [9.17, 15) is 30.6 Å². The van der Waals surface area contributed by atoms with Gasteiger partial charge in [-0.15, -0.1) is 0 Å². The molecule has 6 nitrogen and oxygen atoms in total. The summed E-state index contributed by atoms with van der Waals surface area (Å²) in [7, 11) is 0. The van der Waals surface area contributed by atoms with Crippen LogP contribution >= 0.6 is 0 Å². The molecule has 1 aliphatic carbocycles. The van der Waals surface area contributed by atoms with E-state index in [0.717, 1.165) is 12.1 Å². The molecule has 2 aromatic carbocycles. The summed E-state index contributed by atoms with van der Waals surface area (Å²) in [5, 5.41) is 60.2. The summed E-state index contributed by atoms with van der Waals surface area (Å²) in [6.45, 7) is 5.49. The van der Waals surface area contributed by atoms with Crippen LogP contribution in [0.25, 0.3) is 0 Å². The SMILES string of the molecule is CC1(C)CC(C)(c2c(O)cc(O)cc2O)c2cc(O)c(O)c(O)c21. The zero-order valence-electron chi connectivity index (χ0n) is 13.6. The molecule has 0 saturated heterocycles. The van der Waals surface area contributed by atoms with Gasteiger partial charge in [0.1, 0.15) is 17.2 Å². The van der Waals surface area contributed by atoms with Gasteiger partial charge in [-0.25, -0.2) is 0 Å². The highest BCUT2D eigenvalue weighted by Crippen LogP contribution is 2.61. The zero-order valence-corrected chi connectivity index (χ0v) is 13.6. The third-order valence-electron chi connectivity index (χ3n) is 4.95. The van der Waals surface area contributed by atoms with Crippen LogP contribution in [0.15, 0.2) is 18.2 Å². The van der Waals surface area contributed by atoms with Gasteiger partial charge < -0.3 is 30.6 Å². The number of benzene rings is 2. The molecule has 6 N–H and O–H groups in total. The van der Waals surface area contributed by atoms with Gasteiger partial charge in [-0.3, -0.25) is 0 Å². The maximum atomic E-state index is 10.3. The van der Waals surface area contributed by atoms with Crippen LogP contribution in [0.3, 0.4) is 0 Å². The van der Waals surface area contributed by atoms with Crippen LogP contribution in [-0.2, 0) is 10.8 Å². The van der Waals surface area contributed by atoms with E-state index in [-0.39, 0.29) is 22.8 Å². The van der Waals surface area contributed by atoms with Crippen LogP contribution in [0.2, 0.25) is 0 Å². The first kappa shape index (κ1) is 16.1. The average Bonchev–Trinajstić information content (AvgIpc) is 2.61. The molecule has 2 aromatic rings. The van der Waals surface area contributed by atoms with Gasteiger partial charge in [0.15, 0.2) is 11.5 Å². The van der Waals surface area contributed by atoms with Crippen molar-refractivity contribution in [3.05, 3.63) is 34.9 Å². The van der Waals surface area contributed by atoms with Crippen molar-refractivity contribution in [3.8, 4) is 34.5 Å². The van der Waals surface area contributed by atoms with Crippen LogP contribution in [0.1, 0.15) is 43.9 Å². The van der Waals surface area contributed by atoms with Crippen LogP contribution in [-0.4, -0.2) is 30.6 Å². The highest BCUT2D eigenvalue weighted by Gasteiger charge is 2.50. The van der Waals surface area contributed by atoms with Crippen molar-refractivity contribution in [2.75, 3.05) is 0 Å². The smallest absolute Gasteiger partial charge is 0.200 e. The zero-order chi connectivity index (χ0) is 18.0. The highest BCUT2D eigenvalue weighted by molar-refractivity contribution is 5.68. The molecule has 0 saturated carbocycles. The Morgan fingerprint density at radius 3 is 1.79 bits per heavy atom. The Hall–Kier alpha value is -2.76. The summed E-state index contributed by atoms with van der Waals surface area (Å²) in [5.41, 5.74) is -0.389. The van der Waals surface area contributed by atoms with E-state index < -0.39 is 28.1 Å². The largest absolute Gasteiger partial charge is 0.508 e. The molecule has 24 heavy (non-hydrogen) atoms. The van der Waals surface area contributed by atoms with Crippen molar-refractivity contribution >= 4 is 0 Å². The predicted molar refractivity (Wildman–Crippen MR) is 87.0 cm³/mol. The third kappa shape index (κ3) is 1.95. The molecule has 6 heteroatoms. The van der Waals surface area contributed by atoms with E-state index in [0.29, 0.717) is 17.5 Å². The van der Waals surface area contributed by atoms with Crippen molar-refractivity contribution in [1.82, 2.24) is 0 Å². The van der Waals surface area contributed by atoms with Gasteiger partial charge in [-0.1, -0.05) is 20.8 Å². The number of fused-ring (bicyclic) bond motifs is 1. The molecule has 0 aliphatic heterocycles. The third-order valence-corrected chi connectivity index (χ3v) is 4.95. The van der Waals surface area contributed by atoms with Crippen LogP contribution < -0.4 is 0 Å². The Labute approximate surface area is 138 Å². The molecule has 0 aromatic heterocycles. The fraction of sp³-hybridized carbons (Fsp3) is 0.333. The molecule has 0 radical (unpaired) electrons. The molecule has 0 fully saturated rings. The van der Waals surface area contributed by atoms with Crippen molar-refractivity contribution in [3.63, 3.8) is 0 Å². The second-order valence-corrected chi connectivity index (χ2v) is 7.27. The van der Waals surface area contributed by atoms with Gasteiger partial charge in [0.2, 0.25) is 5.75 Å². The van der Waals surface area contributed by atoms with Crippen LogP contribution in [0.4, 0.5) is 0 Å². The second-order valence-electron chi connectivity index (χ2n) is 7.27. The summed E-state index contributed by atoms with van der Waals surface area (Å²) >= 11 is 0. The lowest BCUT2D eigenvalue weighted by atomic mass is 9.74. The van der Waals surface area contributed by atoms with Gasteiger partial charge in [0, 0.05) is 28.7 Å². The first-order valence-electron chi connectivity index (χ1n) is 7.53. The van der Waals surface area contributed by atoms with E-state index in [1.54, 1.807) is 6.92 Å². The molecule has 1 atom stereocenters. The Morgan fingerprint density at radius 1 is 0.708 bits per heavy atom. The molecular formula is C18H20O6. The maximum Gasteiger partial charge on any atom is 0.200 e. The summed E-state index contributed by atoms with van der Waals surface area (Å²) in [6, 6.07) is 3.60. The molecule has 1 unspecified atom stereocenters. The quantitative estimate of drug-likeness (QED) is 0.447. The summed E-state index contributed by atoms with van der Waals surface area (Å²) in [5.74, 6) is -2.32. The summed E-state index contributed by atoms with van der Waals surface area (Å²) in [4.78, 5) is 0. The van der Waals surface area contributed by atoms with Crippen LogP contribution in [0.5, 0.6) is 34.5 Å². The molecule has 3 rings (SSSR count). The first-order valence-corrected chi connectivity index (χ1v) is 7.53. The van der Waals surface area contributed by atoms with Crippen molar-refractivity contribution < 1.29 is 30.6 Å². The first-order chi connectivity index (χ1) is 11.0. The fourth-order valence-corrected chi connectivity index (χ4v) is 4.22. The lowest BCUT2D eigenvalue weighted by molar-refractivity contribution is 0.356. The topological polar surface area (TPSA) is 121 Å². The van der Waals surface area contributed by atoms with E-state index in [4.69, 9.17) is 0 Å². The monoisotopic (exact) mass is 332 g/mol. The minimum absolute atomic E-state index is 0.191. The second kappa shape index (κ2) is 4.63. The van der Waals surface area contributed by atoms with Gasteiger partial charge >= 0.3 is 0 Å². The van der Waals surface area contributed by atoms with Crippen molar-refractivity contribution in [1.29, 1.82) is 0 Å². The lowest BCUT2D eigenvalue weighted by Gasteiger charge is -2.29. The number of aromatic hydroxyl groups is 6. The van der Waals surface area contributed by atoms with Gasteiger partial charge in [0.05, 0.1) is 0 Å². The Bertz CT molecular complexity index is 832. The molecular weight excluding hydrogens is 312 g/mol. The average molecular weight is 332 g/mol. The number of rotatable bonds is 1. The molecule has 0 bridgehead atoms. The highest BCUT2D eigenvalue weighted by atomic mass is 16.3. The molecule has 0 amide bonds. The standard InChI is InChI=1S/C18H20O6/c1-17(2)7-18(3,14-10(20)4-8(19)5-11(14)21)9-6-12(22)15(23)16(24)13(9)17/h4-6,19-24H,7H2,1-3H3. The van der Waals surface area contributed by atoms with E-state index in [2.05, 4.69) is 0 Å².